The van der Waals surface area contributed by atoms with Gasteiger partial charge in [-0.3, -0.25) is 10.1 Å². The van der Waals surface area contributed by atoms with Crippen molar-refractivity contribution >= 4 is 23.2 Å². The van der Waals surface area contributed by atoms with Crippen LogP contribution in [0, 0.1) is 0 Å². The van der Waals surface area contributed by atoms with E-state index in [0.29, 0.717) is 17.5 Å². The minimum atomic E-state index is 0.520. The Balaban J connectivity index is 2.44. The van der Waals surface area contributed by atoms with Gasteiger partial charge in [-0.05, 0) is 18.6 Å². The third-order valence-corrected chi connectivity index (χ3v) is 2.60. The van der Waals surface area contributed by atoms with Gasteiger partial charge >= 0.3 is 0 Å². The Labute approximate surface area is 97.4 Å². The fourth-order valence-electron chi connectivity index (χ4n) is 1.41. The molecule has 1 N–H and O–H groups in total. The van der Waals surface area contributed by atoms with Gasteiger partial charge in [0, 0.05) is 29.4 Å². The molecule has 0 unspecified atom stereocenters. The van der Waals surface area contributed by atoms with Crippen LogP contribution in [-0.4, -0.2) is 21.1 Å². The fraction of sp³-hybridized carbons (Fsp3) is 0.200. The highest BCUT2D eigenvalue weighted by molar-refractivity contribution is 6.30. The van der Waals surface area contributed by atoms with Crippen LogP contribution in [0.3, 0.4) is 0 Å². The van der Waals surface area contributed by atoms with E-state index in [1.54, 1.807) is 12.4 Å². The number of aromatic amines is 1. The third kappa shape index (κ3) is 2.13. The predicted molar refractivity (Wildman–Crippen MR) is 61.3 cm³/mol. The second-order valence-corrected chi connectivity index (χ2v) is 3.80. The number of H-pyrrole nitrogens is 1. The molecule has 0 radical (unpaired) electrons. The van der Waals surface area contributed by atoms with Gasteiger partial charge < -0.3 is 0 Å². The molecule has 0 saturated heterocycles. The lowest BCUT2D eigenvalue weighted by molar-refractivity contribution is 1.09. The molecule has 0 aliphatic rings. The van der Waals surface area contributed by atoms with Gasteiger partial charge in [0.05, 0.1) is 5.69 Å². The second kappa shape index (κ2) is 4.64. The van der Waals surface area contributed by atoms with Crippen molar-refractivity contribution < 1.29 is 0 Å². The van der Waals surface area contributed by atoms with Crippen molar-refractivity contribution in [2.75, 3.05) is 5.88 Å². The van der Waals surface area contributed by atoms with Crippen LogP contribution in [0.15, 0.2) is 24.5 Å². The molecule has 2 aromatic rings. The molecule has 2 rings (SSSR count). The molecule has 0 aromatic carbocycles. The summed E-state index contributed by atoms with van der Waals surface area (Å²) in [5, 5.41) is 7.45. The van der Waals surface area contributed by atoms with E-state index < -0.39 is 0 Å². The summed E-state index contributed by atoms with van der Waals surface area (Å²) in [7, 11) is 0. The minimum Gasteiger partial charge on any atom is -0.266 e. The van der Waals surface area contributed by atoms with Gasteiger partial charge in [0.2, 0.25) is 0 Å². The Bertz CT molecular complexity index is 439. The molecule has 3 nitrogen and oxygen atoms in total. The summed E-state index contributed by atoms with van der Waals surface area (Å²) < 4.78 is 0. The maximum Gasteiger partial charge on any atom is 0.128 e. The van der Waals surface area contributed by atoms with Crippen LogP contribution in [0.5, 0.6) is 0 Å². The van der Waals surface area contributed by atoms with E-state index in [0.717, 1.165) is 16.8 Å². The van der Waals surface area contributed by atoms with Gasteiger partial charge in [0.15, 0.2) is 0 Å². The van der Waals surface area contributed by atoms with E-state index in [4.69, 9.17) is 23.2 Å². The predicted octanol–water partition coefficient (Wildman–Crippen LogP) is 2.91. The molecule has 0 spiro atoms. The molecule has 0 fully saturated rings. The highest BCUT2D eigenvalue weighted by Crippen LogP contribution is 2.26. The number of hydrogen-bond donors (Lipinski definition) is 1. The first kappa shape index (κ1) is 10.5. The van der Waals surface area contributed by atoms with Crippen LogP contribution in [0.4, 0.5) is 0 Å². The van der Waals surface area contributed by atoms with Gasteiger partial charge in [-0.15, -0.1) is 11.6 Å². The summed E-state index contributed by atoms with van der Waals surface area (Å²) >= 11 is 11.7. The lowest BCUT2D eigenvalue weighted by Gasteiger charge is -1.99. The average Bonchev–Trinajstić information content (AvgIpc) is 2.63. The Kier molecular flexibility index (Phi) is 3.23. The van der Waals surface area contributed by atoms with Gasteiger partial charge in [0.25, 0.3) is 0 Å². The van der Waals surface area contributed by atoms with Gasteiger partial charge in [0.1, 0.15) is 5.15 Å². The number of nitrogens with one attached hydrogen (secondary N) is 1. The lowest BCUT2D eigenvalue weighted by atomic mass is 10.1. The van der Waals surface area contributed by atoms with E-state index in [1.807, 2.05) is 12.1 Å². The molecule has 0 aliphatic carbocycles. The number of nitrogens with zero attached hydrogens (tertiary/aromatic N) is 2. The SMILES string of the molecule is ClCCc1c(-c2cccnc2)n[nH]c1Cl. The van der Waals surface area contributed by atoms with Crippen LogP contribution in [0.2, 0.25) is 5.15 Å². The molecular weight excluding hydrogens is 233 g/mol. The molecule has 15 heavy (non-hydrogen) atoms. The number of halogens is 2. The molecule has 2 aromatic heterocycles. The molecule has 78 valence electrons. The first-order valence-electron chi connectivity index (χ1n) is 4.52. The van der Waals surface area contributed by atoms with Crippen LogP contribution in [0.1, 0.15) is 5.56 Å². The van der Waals surface area contributed by atoms with E-state index in [9.17, 15) is 0 Å². The van der Waals surface area contributed by atoms with E-state index in [2.05, 4.69) is 15.2 Å². The minimum absolute atomic E-state index is 0.520. The Morgan fingerprint density at radius 3 is 2.93 bits per heavy atom. The normalized spacial score (nSPS) is 10.5. The maximum absolute atomic E-state index is 5.98. The van der Waals surface area contributed by atoms with E-state index in [-0.39, 0.29) is 0 Å². The topological polar surface area (TPSA) is 41.6 Å². The van der Waals surface area contributed by atoms with Crippen molar-refractivity contribution in [1.29, 1.82) is 0 Å². The summed E-state index contributed by atoms with van der Waals surface area (Å²) in [4.78, 5) is 4.04. The molecule has 0 atom stereocenters. The van der Waals surface area contributed by atoms with Crippen molar-refractivity contribution in [2.24, 2.45) is 0 Å². The summed E-state index contributed by atoms with van der Waals surface area (Å²) in [6.07, 6.45) is 4.17. The largest absolute Gasteiger partial charge is 0.266 e. The average molecular weight is 242 g/mol. The van der Waals surface area contributed by atoms with Crippen LogP contribution < -0.4 is 0 Å². The highest BCUT2D eigenvalue weighted by Gasteiger charge is 2.12. The van der Waals surface area contributed by atoms with Gasteiger partial charge in [-0.1, -0.05) is 11.6 Å². The zero-order chi connectivity index (χ0) is 10.7. The number of alkyl halides is 1. The third-order valence-electron chi connectivity index (χ3n) is 2.10. The van der Waals surface area contributed by atoms with Crippen LogP contribution >= 0.6 is 23.2 Å². The lowest BCUT2D eigenvalue weighted by Crippen LogP contribution is -1.89. The second-order valence-electron chi connectivity index (χ2n) is 3.05. The summed E-state index contributed by atoms with van der Waals surface area (Å²) in [5.41, 5.74) is 2.72. The van der Waals surface area contributed by atoms with Crippen molar-refractivity contribution in [3.05, 3.63) is 35.2 Å². The zero-order valence-electron chi connectivity index (χ0n) is 7.87. The molecule has 0 aliphatic heterocycles. The first-order chi connectivity index (χ1) is 7.33. The summed E-state index contributed by atoms with van der Waals surface area (Å²) in [6.45, 7) is 0. The molecule has 0 bridgehead atoms. The van der Waals surface area contributed by atoms with Crippen molar-refractivity contribution in [1.82, 2.24) is 15.2 Å². The number of pyridine rings is 1. The Hall–Kier alpha value is -1.06. The number of hydrogen-bond acceptors (Lipinski definition) is 2. The van der Waals surface area contributed by atoms with E-state index >= 15 is 0 Å². The quantitative estimate of drug-likeness (QED) is 0.840. The summed E-state index contributed by atoms with van der Waals surface area (Å²) in [5.74, 6) is 0.520. The fourth-order valence-corrected chi connectivity index (χ4v) is 1.82. The standard InChI is InChI=1S/C10H9Cl2N3/c11-4-3-8-9(14-15-10(8)12)7-2-1-5-13-6-7/h1-2,5-6H,3-4H2,(H,14,15). The van der Waals surface area contributed by atoms with Gasteiger partial charge in [-0.25, -0.2) is 0 Å². The van der Waals surface area contributed by atoms with Crippen molar-refractivity contribution in [3.8, 4) is 11.3 Å². The van der Waals surface area contributed by atoms with Crippen molar-refractivity contribution in [3.63, 3.8) is 0 Å². The first-order valence-corrected chi connectivity index (χ1v) is 5.43. The molecule has 0 saturated carbocycles. The smallest absolute Gasteiger partial charge is 0.128 e. The summed E-state index contributed by atoms with van der Waals surface area (Å²) in [6, 6.07) is 3.81. The van der Waals surface area contributed by atoms with Crippen LogP contribution in [-0.2, 0) is 6.42 Å². The van der Waals surface area contributed by atoms with Gasteiger partial charge in [-0.2, -0.15) is 5.10 Å². The highest BCUT2D eigenvalue weighted by atomic mass is 35.5. The van der Waals surface area contributed by atoms with Crippen molar-refractivity contribution in [2.45, 2.75) is 6.42 Å². The monoisotopic (exact) mass is 241 g/mol. The number of aromatic nitrogens is 3. The van der Waals surface area contributed by atoms with Crippen LogP contribution in [0.25, 0.3) is 11.3 Å². The Morgan fingerprint density at radius 2 is 2.27 bits per heavy atom. The molecule has 2 heterocycles. The zero-order valence-corrected chi connectivity index (χ0v) is 9.39. The van der Waals surface area contributed by atoms with E-state index in [1.165, 1.54) is 0 Å². The molecule has 5 heteroatoms. The Morgan fingerprint density at radius 1 is 1.40 bits per heavy atom. The molecule has 0 amide bonds. The number of rotatable bonds is 3. The molecular formula is C10H9Cl2N3. The maximum atomic E-state index is 5.98.